The minimum atomic E-state index is -3.58. The highest BCUT2D eigenvalue weighted by Gasteiger charge is 2.38. The Morgan fingerprint density at radius 1 is 0.920 bits per heavy atom. The van der Waals surface area contributed by atoms with Crippen LogP contribution in [0.15, 0.2) is 53.4 Å². The van der Waals surface area contributed by atoms with Crippen LogP contribution in [-0.4, -0.2) is 16.7 Å². The third kappa shape index (κ3) is 4.86. The molecular weight excluding hydrogens is 350 g/mol. The Morgan fingerprint density at radius 3 is 1.92 bits per heavy atom. The zero-order valence-corrected chi connectivity index (χ0v) is 17.6. The van der Waals surface area contributed by atoms with Crippen molar-refractivity contribution in [1.29, 1.82) is 0 Å². The third-order valence-electron chi connectivity index (χ3n) is 4.62. The lowest BCUT2D eigenvalue weighted by Gasteiger charge is -2.36. The van der Waals surface area contributed by atoms with Crippen LogP contribution in [0.3, 0.4) is 0 Å². The topological polar surface area (TPSA) is 55.4 Å². The third-order valence-corrected chi connectivity index (χ3v) is 10.4. The largest absolute Gasteiger partial charge is 0.544 e. The predicted molar refractivity (Wildman–Crippen MR) is 106 cm³/mol. The number of rotatable bonds is 5. The second-order valence-electron chi connectivity index (χ2n) is 7.81. The van der Waals surface area contributed by atoms with Crippen molar-refractivity contribution in [2.45, 2.75) is 50.7 Å². The van der Waals surface area contributed by atoms with E-state index in [-0.39, 0.29) is 9.93 Å². The quantitative estimate of drug-likeness (QED) is 0.730. The van der Waals surface area contributed by atoms with Gasteiger partial charge in [0, 0.05) is 5.69 Å². The molecule has 2 rings (SSSR count). The molecule has 2 aromatic rings. The van der Waals surface area contributed by atoms with Gasteiger partial charge in [-0.2, -0.15) is 0 Å². The molecule has 0 saturated heterocycles. The molecule has 0 aliphatic rings. The highest BCUT2D eigenvalue weighted by atomic mass is 32.2. The van der Waals surface area contributed by atoms with Crippen molar-refractivity contribution >= 4 is 24.0 Å². The van der Waals surface area contributed by atoms with Gasteiger partial charge in [0.25, 0.3) is 10.0 Å². The van der Waals surface area contributed by atoms with Gasteiger partial charge in [-0.05, 0) is 61.5 Å². The summed E-state index contributed by atoms with van der Waals surface area (Å²) in [5.74, 6) is 0.768. The smallest absolute Gasteiger partial charge is 0.261 e. The zero-order valence-electron chi connectivity index (χ0n) is 15.8. The molecule has 0 saturated carbocycles. The van der Waals surface area contributed by atoms with Crippen LogP contribution in [-0.2, 0) is 10.0 Å². The average molecular weight is 378 g/mol. The van der Waals surface area contributed by atoms with Crippen LogP contribution in [0.1, 0.15) is 26.3 Å². The van der Waals surface area contributed by atoms with E-state index in [1.54, 1.807) is 36.4 Å². The van der Waals surface area contributed by atoms with Crippen molar-refractivity contribution in [3.8, 4) is 5.75 Å². The van der Waals surface area contributed by atoms with Gasteiger partial charge in [-0.3, -0.25) is 4.72 Å². The van der Waals surface area contributed by atoms with E-state index in [2.05, 4.69) is 38.6 Å². The highest BCUT2D eigenvalue weighted by Crippen LogP contribution is 2.37. The Morgan fingerprint density at radius 2 is 1.44 bits per heavy atom. The molecule has 25 heavy (non-hydrogen) atoms. The van der Waals surface area contributed by atoms with Gasteiger partial charge in [0.15, 0.2) is 0 Å². The first-order valence-electron chi connectivity index (χ1n) is 8.29. The van der Waals surface area contributed by atoms with E-state index in [9.17, 15) is 8.42 Å². The number of anilines is 1. The van der Waals surface area contributed by atoms with Crippen LogP contribution >= 0.6 is 0 Å². The Balaban J connectivity index is 2.14. The number of aryl methyl sites for hydroxylation is 1. The molecule has 0 unspecified atom stereocenters. The monoisotopic (exact) mass is 377 g/mol. The van der Waals surface area contributed by atoms with E-state index in [4.69, 9.17) is 4.43 Å². The maximum Gasteiger partial charge on any atom is 0.261 e. The molecule has 0 aliphatic carbocycles. The van der Waals surface area contributed by atoms with Crippen molar-refractivity contribution in [2.24, 2.45) is 0 Å². The summed E-state index contributed by atoms with van der Waals surface area (Å²) in [4.78, 5) is 0.250. The number of nitrogens with one attached hydrogen (secondary N) is 1. The second-order valence-corrected chi connectivity index (χ2v) is 14.2. The lowest BCUT2D eigenvalue weighted by Crippen LogP contribution is -2.43. The lowest BCUT2D eigenvalue weighted by molar-refractivity contribution is 0.492. The molecule has 0 aliphatic heterocycles. The van der Waals surface area contributed by atoms with Crippen LogP contribution in [0, 0.1) is 6.92 Å². The summed E-state index contributed by atoms with van der Waals surface area (Å²) in [5.41, 5.74) is 1.54. The Labute approximate surface area is 152 Å². The summed E-state index contributed by atoms with van der Waals surface area (Å²) in [6, 6.07) is 13.9. The van der Waals surface area contributed by atoms with Crippen molar-refractivity contribution < 1.29 is 12.8 Å². The van der Waals surface area contributed by atoms with Crippen LogP contribution in [0.4, 0.5) is 5.69 Å². The Bertz CT molecular complexity index is 820. The standard InChI is InChI=1S/C19H27NO3SSi/c1-15-7-13-18(14-8-15)24(21,22)20-16-9-11-17(12-10-16)23-25(5,6)19(2,3)4/h7-14,20H,1-6H3. The lowest BCUT2D eigenvalue weighted by atomic mass is 10.2. The molecule has 1 N–H and O–H groups in total. The minimum absolute atomic E-state index is 0.110. The molecule has 2 aromatic carbocycles. The normalized spacial score (nSPS) is 12.7. The molecule has 6 heteroatoms. The van der Waals surface area contributed by atoms with E-state index in [1.165, 1.54) is 0 Å². The van der Waals surface area contributed by atoms with E-state index in [0.29, 0.717) is 5.69 Å². The maximum atomic E-state index is 12.4. The first-order valence-corrected chi connectivity index (χ1v) is 12.7. The minimum Gasteiger partial charge on any atom is -0.544 e. The summed E-state index contributed by atoms with van der Waals surface area (Å²) in [5, 5.41) is 0.110. The zero-order chi connectivity index (χ0) is 18.9. The van der Waals surface area contributed by atoms with E-state index in [0.717, 1.165) is 11.3 Å². The number of benzene rings is 2. The second kappa shape index (κ2) is 6.84. The maximum absolute atomic E-state index is 12.4. The van der Waals surface area contributed by atoms with Crippen LogP contribution < -0.4 is 9.15 Å². The molecule has 0 aromatic heterocycles. The molecule has 0 amide bonds. The Hall–Kier alpha value is -1.79. The van der Waals surface area contributed by atoms with Crippen LogP contribution in [0.5, 0.6) is 5.75 Å². The molecule has 136 valence electrons. The fraction of sp³-hybridized carbons (Fsp3) is 0.368. The molecule has 0 fully saturated rings. The number of hydrogen-bond acceptors (Lipinski definition) is 3. The van der Waals surface area contributed by atoms with Crippen molar-refractivity contribution in [3.05, 3.63) is 54.1 Å². The van der Waals surface area contributed by atoms with Crippen molar-refractivity contribution in [1.82, 2.24) is 0 Å². The average Bonchev–Trinajstić information content (AvgIpc) is 2.48. The summed E-state index contributed by atoms with van der Waals surface area (Å²) >= 11 is 0. The Kier molecular flexibility index (Phi) is 5.34. The summed E-state index contributed by atoms with van der Waals surface area (Å²) in [6.07, 6.45) is 0. The van der Waals surface area contributed by atoms with Crippen molar-refractivity contribution in [3.63, 3.8) is 0 Å². The van der Waals surface area contributed by atoms with E-state index in [1.807, 2.05) is 19.1 Å². The van der Waals surface area contributed by atoms with Gasteiger partial charge in [-0.1, -0.05) is 38.5 Å². The van der Waals surface area contributed by atoms with Gasteiger partial charge in [0.1, 0.15) is 5.75 Å². The van der Waals surface area contributed by atoms with Gasteiger partial charge >= 0.3 is 0 Å². The molecule has 0 bridgehead atoms. The molecule has 4 nitrogen and oxygen atoms in total. The van der Waals surface area contributed by atoms with Gasteiger partial charge in [-0.25, -0.2) is 8.42 Å². The van der Waals surface area contributed by atoms with Crippen LogP contribution in [0.25, 0.3) is 0 Å². The first kappa shape index (κ1) is 19.5. The summed E-state index contributed by atoms with van der Waals surface area (Å²) < 4.78 is 33.7. The van der Waals surface area contributed by atoms with E-state index >= 15 is 0 Å². The number of hydrogen-bond donors (Lipinski definition) is 1. The van der Waals surface area contributed by atoms with Gasteiger partial charge in [0.05, 0.1) is 4.90 Å². The summed E-state index contributed by atoms with van der Waals surface area (Å²) in [6.45, 7) is 12.8. The molecule has 0 spiro atoms. The number of sulfonamides is 1. The van der Waals surface area contributed by atoms with Gasteiger partial charge in [-0.15, -0.1) is 0 Å². The first-order chi connectivity index (χ1) is 11.4. The van der Waals surface area contributed by atoms with Crippen molar-refractivity contribution in [2.75, 3.05) is 4.72 Å². The highest BCUT2D eigenvalue weighted by molar-refractivity contribution is 7.92. The fourth-order valence-corrected chi connectivity index (χ4v) is 4.06. The molecule has 0 atom stereocenters. The van der Waals surface area contributed by atoms with Gasteiger partial charge < -0.3 is 4.43 Å². The molecule has 0 heterocycles. The van der Waals surface area contributed by atoms with Crippen LogP contribution in [0.2, 0.25) is 18.1 Å². The summed E-state index contributed by atoms with van der Waals surface area (Å²) in [7, 11) is -5.49. The predicted octanol–water partition coefficient (Wildman–Crippen LogP) is 5.18. The molecular formula is C19H27NO3SSi. The van der Waals surface area contributed by atoms with E-state index < -0.39 is 18.3 Å². The SMILES string of the molecule is Cc1ccc(S(=O)(=O)Nc2ccc(O[Si](C)(C)C(C)(C)C)cc2)cc1. The van der Waals surface area contributed by atoms with Gasteiger partial charge in [0.2, 0.25) is 8.32 Å². The fourth-order valence-electron chi connectivity index (χ4n) is 1.97. The molecule has 0 radical (unpaired) electrons.